The van der Waals surface area contributed by atoms with Crippen LogP contribution in [-0.2, 0) is 7.05 Å². The molecule has 0 spiro atoms. The quantitative estimate of drug-likeness (QED) is 0.559. The van der Waals surface area contributed by atoms with E-state index < -0.39 is 0 Å². The summed E-state index contributed by atoms with van der Waals surface area (Å²) >= 11 is 0. The number of benzene rings is 2. The first kappa shape index (κ1) is 14.9. The maximum Gasteiger partial charge on any atom is 0.124 e. The van der Waals surface area contributed by atoms with Gasteiger partial charge in [0.25, 0.3) is 0 Å². The summed E-state index contributed by atoms with van der Waals surface area (Å²) in [4.78, 5) is 8.25. The molecule has 3 N–H and O–H groups in total. The molecule has 0 aliphatic carbocycles. The molecule has 0 bridgehead atoms. The second-order valence-electron chi connectivity index (χ2n) is 5.99. The number of nitrogens with zero attached hydrogens (tertiary/aromatic N) is 2. The van der Waals surface area contributed by atoms with E-state index in [1.165, 1.54) is 6.07 Å². The van der Waals surface area contributed by atoms with Gasteiger partial charge in [0.15, 0.2) is 0 Å². The van der Waals surface area contributed by atoms with Crippen LogP contribution in [-0.4, -0.2) is 22.6 Å². The molecule has 4 nitrogen and oxygen atoms in total. The minimum absolute atomic E-state index is 0.253. The standard InChI is InChI=1S/C19H19FN4/c1-24-16-8-7-12(20)11-14(16)18(22-10-4-9-21)17-13-5-2-3-6-15(13)23-19(17)24/h2-3,5-8,11,23H,4,9-10,21H2,1H3. The molecule has 0 radical (unpaired) electrons. The molecule has 0 saturated carbocycles. The van der Waals surface area contributed by atoms with E-state index in [1.807, 2.05) is 25.2 Å². The van der Waals surface area contributed by atoms with Crippen LogP contribution in [0.3, 0.4) is 0 Å². The molecule has 0 amide bonds. The number of fused-ring (bicyclic) bond motifs is 4. The molecule has 4 rings (SSSR count). The average Bonchev–Trinajstić information content (AvgIpc) is 2.97. The number of para-hydroxylation sites is 1. The lowest BCUT2D eigenvalue weighted by Crippen LogP contribution is -2.12. The van der Waals surface area contributed by atoms with Gasteiger partial charge in [-0.1, -0.05) is 18.2 Å². The Morgan fingerprint density at radius 2 is 2.00 bits per heavy atom. The Hall–Kier alpha value is -2.66. The highest BCUT2D eigenvalue weighted by Gasteiger charge is 2.13. The van der Waals surface area contributed by atoms with Crippen LogP contribution >= 0.6 is 0 Å². The number of aromatic amines is 1. The van der Waals surface area contributed by atoms with Gasteiger partial charge in [-0.05, 0) is 37.2 Å². The Labute approximate surface area is 138 Å². The summed E-state index contributed by atoms with van der Waals surface area (Å²) in [5, 5.41) is 3.79. The van der Waals surface area contributed by atoms with Crippen molar-refractivity contribution in [3.63, 3.8) is 0 Å². The van der Waals surface area contributed by atoms with Gasteiger partial charge >= 0.3 is 0 Å². The van der Waals surface area contributed by atoms with Gasteiger partial charge in [0.2, 0.25) is 0 Å². The van der Waals surface area contributed by atoms with E-state index in [0.717, 1.165) is 44.6 Å². The fraction of sp³-hybridized carbons (Fsp3) is 0.211. The molecule has 0 saturated heterocycles. The molecule has 2 aromatic heterocycles. The van der Waals surface area contributed by atoms with Crippen LogP contribution in [0, 0.1) is 5.82 Å². The summed E-state index contributed by atoms with van der Waals surface area (Å²) in [6.07, 6.45) is 0.807. The van der Waals surface area contributed by atoms with E-state index in [9.17, 15) is 4.39 Å². The van der Waals surface area contributed by atoms with Gasteiger partial charge in [-0.2, -0.15) is 0 Å². The molecule has 4 aromatic rings. The van der Waals surface area contributed by atoms with Crippen LogP contribution in [0.2, 0.25) is 0 Å². The monoisotopic (exact) mass is 322 g/mol. The molecular formula is C19H19FN4. The zero-order valence-corrected chi connectivity index (χ0v) is 13.5. The number of nitrogens with two attached hydrogens (primary N) is 1. The molecular weight excluding hydrogens is 303 g/mol. The molecule has 0 fully saturated rings. The Morgan fingerprint density at radius 1 is 1.17 bits per heavy atom. The van der Waals surface area contributed by atoms with E-state index in [1.54, 1.807) is 12.1 Å². The lowest BCUT2D eigenvalue weighted by atomic mass is 10.1. The van der Waals surface area contributed by atoms with Crippen molar-refractivity contribution in [1.82, 2.24) is 9.55 Å². The molecule has 2 aromatic carbocycles. The number of H-pyrrole nitrogens is 1. The normalized spacial score (nSPS) is 12.7. The molecule has 24 heavy (non-hydrogen) atoms. The number of pyridine rings is 1. The van der Waals surface area contributed by atoms with Gasteiger partial charge in [0.1, 0.15) is 11.5 Å². The average molecular weight is 322 g/mol. The molecule has 122 valence electrons. The molecule has 5 heteroatoms. The van der Waals surface area contributed by atoms with Crippen molar-refractivity contribution >= 4 is 32.8 Å². The second-order valence-corrected chi connectivity index (χ2v) is 5.99. The maximum atomic E-state index is 13.9. The number of nitrogens with one attached hydrogen (secondary N) is 1. The predicted octanol–water partition coefficient (Wildman–Crippen LogP) is 3.20. The second kappa shape index (κ2) is 5.76. The van der Waals surface area contributed by atoms with Crippen molar-refractivity contribution in [3.8, 4) is 0 Å². The molecule has 0 aliphatic heterocycles. The minimum atomic E-state index is -0.253. The zero-order valence-electron chi connectivity index (χ0n) is 13.5. The molecule has 2 heterocycles. The topological polar surface area (TPSA) is 59.1 Å². The van der Waals surface area contributed by atoms with Crippen LogP contribution in [0.15, 0.2) is 47.5 Å². The number of halogens is 1. The molecule has 0 aliphatic rings. The van der Waals surface area contributed by atoms with Gasteiger partial charge < -0.3 is 15.3 Å². The highest BCUT2D eigenvalue weighted by atomic mass is 19.1. The van der Waals surface area contributed by atoms with Crippen molar-refractivity contribution < 1.29 is 4.39 Å². The van der Waals surface area contributed by atoms with E-state index in [2.05, 4.69) is 15.6 Å². The largest absolute Gasteiger partial charge is 0.341 e. The highest BCUT2D eigenvalue weighted by molar-refractivity contribution is 6.09. The van der Waals surface area contributed by atoms with Gasteiger partial charge in [-0.25, -0.2) is 4.39 Å². The lowest BCUT2D eigenvalue weighted by molar-refractivity contribution is 0.629. The lowest BCUT2D eigenvalue weighted by Gasteiger charge is -2.09. The Balaban J connectivity index is 2.25. The van der Waals surface area contributed by atoms with Crippen molar-refractivity contribution in [1.29, 1.82) is 0 Å². The third-order valence-electron chi connectivity index (χ3n) is 4.47. The van der Waals surface area contributed by atoms with E-state index in [4.69, 9.17) is 10.7 Å². The van der Waals surface area contributed by atoms with Crippen LogP contribution < -0.4 is 11.1 Å². The van der Waals surface area contributed by atoms with Crippen molar-refractivity contribution in [3.05, 3.63) is 53.6 Å². The summed E-state index contributed by atoms with van der Waals surface area (Å²) in [7, 11) is 1.99. The molecule has 0 atom stereocenters. The van der Waals surface area contributed by atoms with E-state index in [-0.39, 0.29) is 5.82 Å². The highest BCUT2D eigenvalue weighted by Crippen LogP contribution is 2.25. The molecule has 0 unspecified atom stereocenters. The van der Waals surface area contributed by atoms with E-state index in [0.29, 0.717) is 13.1 Å². The number of rotatable bonds is 3. The summed E-state index contributed by atoms with van der Waals surface area (Å²) in [6, 6.07) is 13.0. The van der Waals surface area contributed by atoms with Gasteiger partial charge in [0.05, 0.1) is 16.3 Å². The van der Waals surface area contributed by atoms with Crippen molar-refractivity contribution in [2.24, 2.45) is 17.8 Å². The Bertz CT molecular complexity index is 1120. The van der Waals surface area contributed by atoms with Crippen LogP contribution in [0.5, 0.6) is 0 Å². The fourth-order valence-corrected chi connectivity index (χ4v) is 3.31. The minimum Gasteiger partial charge on any atom is -0.341 e. The summed E-state index contributed by atoms with van der Waals surface area (Å²) in [5.41, 5.74) is 8.59. The van der Waals surface area contributed by atoms with Gasteiger partial charge in [-0.3, -0.25) is 4.99 Å². The SMILES string of the molecule is Cn1c2ccc(F)cc2c(=NCCCN)c2c3ccccc3[nH]c21. The first-order valence-electron chi connectivity index (χ1n) is 8.10. The fourth-order valence-electron chi connectivity index (χ4n) is 3.31. The van der Waals surface area contributed by atoms with Crippen LogP contribution in [0.25, 0.3) is 32.8 Å². The van der Waals surface area contributed by atoms with Crippen molar-refractivity contribution in [2.45, 2.75) is 6.42 Å². The van der Waals surface area contributed by atoms with Gasteiger partial charge in [-0.15, -0.1) is 0 Å². The number of aromatic nitrogens is 2. The number of hydrogen-bond acceptors (Lipinski definition) is 2. The summed E-state index contributed by atoms with van der Waals surface area (Å²) in [5.74, 6) is -0.253. The first-order chi connectivity index (χ1) is 11.7. The summed E-state index contributed by atoms with van der Waals surface area (Å²) in [6.45, 7) is 1.22. The number of aryl methyl sites for hydroxylation is 1. The third kappa shape index (κ3) is 2.20. The summed E-state index contributed by atoms with van der Waals surface area (Å²) < 4.78 is 16.0. The first-order valence-corrected chi connectivity index (χ1v) is 8.10. The van der Waals surface area contributed by atoms with Crippen LogP contribution in [0.4, 0.5) is 4.39 Å². The van der Waals surface area contributed by atoms with Crippen LogP contribution in [0.1, 0.15) is 6.42 Å². The third-order valence-corrected chi connectivity index (χ3v) is 4.47. The van der Waals surface area contributed by atoms with E-state index >= 15 is 0 Å². The van der Waals surface area contributed by atoms with Gasteiger partial charge in [0, 0.05) is 29.9 Å². The Morgan fingerprint density at radius 3 is 2.83 bits per heavy atom. The van der Waals surface area contributed by atoms with Crippen molar-refractivity contribution in [2.75, 3.05) is 13.1 Å². The predicted molar refractivity (Wildman–Crippen MR) is 96.3 cm³/mol. The zero-order chi connectivity index (χ0) is 16.7. The smallest absolute Gasteiger partial charge is 0.124 e. The Kier molecular flexibility index (Phi) is 3.58. The maximum absolute atomic E-state index is 13.9. The number of hydrogen-bond donors (Lipinski definition) is 2.